The molecule has 0 atom stereocenters. The monoisotopic (exact) mass is 232 g/mol. The van der Waals surface area contributed by atoms with Gasteiger partial charge in [-0.25, -0.2) is 0 Å². The number of ether oxygens (including phenoxy) is 1. The fourth-order valence-corrected chi connectivity index (χ4v) is 1.26. The van der Waals surface area contributed by atoms with E-state index in [0.29, 0.717) is 13.2 Å². The van der Waals surface area contributed by atoms with Crippen LogP contribution in [0.4, 0.5) is 5.69 Å². The maximum atomic E-state index is 11.4. The Bertz CT molecular complexity index is 410. The first-order valence-corrected chi connectivity index (χ1v) is 5.32. The van der Waals surface area contributed by atoms with E-state index in [1.54, 1.807) is 7.11 Å². The van der Waals surface area contributed by atoms with Crippen molar-refractivity contribution < 1.29 is 9.53 Å². The number of hydrogen-bond donors (Lipinski definition) is 2. The lowest BCUT2D eigenvalue weighted by atomic mass is 10.2. The Morgan fingerprint density at radius 1 is 1.53 bits per heavy atom. The first kappa shape index (κ1) is 13.1. The molecule has 0 saturated carbocycles. The lowest BCUT2D eigenvalue weighted by Crippen LogP contribution is -2.32. The number of methoxy groups -OCH3 is 1. The molecular formula is C13H16N2O2. The molecule has 0 aliphatic heterocycles. The number of carbonyl (C=O) groups is 1. The molecule has 1 amide bonds. The quantitative estimate of drug-likeness (QED) is 0.564. The van der Waals surface area contributed by atoms with Crippen LogP contribution in [0.2, 0.25) is 0 Å². The number of benzene rings is 1. The van der Waals surface area contributed by atoms with Crippen molar-refractivity contribution in [2.45, 2.75) is 0 Å². The van der Waals surface area contributed by atoms with E-state index in [-0.39, 0.29) is 12.5 Å². The summed E-state index contributed by atoms with van der Waals surface area (Å²) >= 11 is 0. The number of carbonyl (C=O) groups excluding carboxylic acids is 1. The summed E-state index contributed by atoms with van der Waals surface area (Å²) in [6.07, 6.45) is 5.28. The zero-order valence-electron chi connectivity index (χ0n) is 9.82. The minimum absolute atomic E-state index is 0.0758. The first-order chi connectivity index (χ1) is 8.26. The van der Waals surface area contributed by atoms with E-state index in [9.17, 15) is 4.79 Å². The topological polar surface area (TPSA) is 50.4 Å². The van der Waals surface area contributed by atoms with Gasteiger partial charge in [0.15, 0.2) is 0 Å². The minimum Gasteiger partial charge on any atom is -0.383 e. The van der Waals surface area contributed by atoms with Crippen LogP contribution in [0, 0.1) is 12.3 Å². The average molecular weight is 232 g/mol. The summed E-state index contributed by atoms with van der Waals surface area (Å²) in [6, 6.07) is 7.37. The molecule has 0 bridgehead atoms. The smallest absolute Gasteiger partial charge is 0.239 e. The highest BCUT2D eigenvalue weighted by atomic mass is 16.5. The number of amides is 1. The molecule has 0 aliphatic rings. The third-order valence-corrected chi connectivity index (χ3v) is 2.11. The third-order valence-electron chi connectivity index (χ3n) is 2.11. The van der Waals surface area contributed by atoms with Crippen molar-refractivity contribution in [3.63, 3.8) is 0 Å². The van der Waals surface area contributed by atoms with E-state index in [1.165, 1.54) is 0 Å². The predicted octanol–water partition coefficient (Wildman–Crippen LogP) is 0.842. The Kier molecular flexibility index (Phi) is 5.62. The van der Waals surface area contributed by atoms with Gasteiger partial charge < -0.3 is 15.4 Å². The molecule has 0 radical (unpaired) electrons. The van der Waals surface area contributed by atoms with Crippen LogP contribution in [-0.4, -0.2) is 32.7 Å². The molecule has 1 aromatic rings. The van der Waals surface area contributed by atoms with Gasteiger partial charge in [-0.1, -0.05) is 12.0 Å². The van der Waals surface area contributed by atoms with Crippen LogP contribution in [0.15, 0.2) is 24.3 Å². The number of hydrogen-bond acceptors (Lipinski definition) is 3. The van der Waals surface area contributed by atoms with Crippen LogP contribution in [0.3, 0.4) is 0 Å². The molecule has 0 saturated heterocycles. The van der Waals surface area contributed by atoms with Crippen molar-refractivity contribution in [2.75, 3.05) is 32.1 Å². The summed E-state index contributed by atoms with van der Waals surface area (Å²) in [5, 5.41) is 5.71. The Morgan fingerprint density at radius 2 is 2.35 bits per heavy atom. The lowest BCUT2D eigenvalue weighted by Gasteiger charge is -2.07. The highest BCUT2D eigenvalue weighted by molar-refractivity contribution is 5.80. The van der Waals surface area contributed by atoms with Crippen LogP contribution in [0.1, 0.15) is 5.56 Å². The molecule has 0 aliphatic carbocycles. The van der Waals surface area contributed by atoms with Gasteiger partial charge in [0, 0.05) is 24.9 Å². The maximum absolute atomic E-state index is 11.4. The molecule has 0 unspecified atom stereocenters. The van der Waals surface area contributed by atoms with Crippen molar-refractivity contribution in [3.8, 4) is 12.3 Å². The molecular weight excluding hydrogens is 216 g/mol. The second-order valence-electron chi connectivity index (χ2n) is 3.42. The number of terminal acetylenes is 1. The van der Waals surface area contributed by atoms with Gasteiger partial charge in [0.1, 0.15) is 0 Å². The second kappa shape index (κ2) is 7.31. The molecule has 17 heavy (non-hydrogen) atoms. The van der Waals surface area contributed by atoms with Crippen LogP contribution in [0.5, 0.6) is 0 Å². The van der Waals surface area contributed by atoms with Gasteiger partial charge in [-0.3, -0.25) is 4.79 Å². The molecule has 0 spiro atoms. The Hall–Kier alpha value is -1.99. The summed E-state index contributed by atoms with van der Waals surface area (Å²) in [5.41, 5.74) is 1.62. The lowest BCUT2D eigenvalue weighted by molar-refractivity contribution is -0.119. The van der Waals surface area contributed by atoms with Crippen molar-refractivity contribution >= 4 is 11.6 Å². The summed E-state index contributed by atoms with van der Waals surface area (Å²) in [6.45, 7) is 1.25. The van der Waals surface area contributed by atoms with Gasteiger partial charge in [-0.15, -0.1) is 6.42 Å². The highest BCUT2D eigenvalue weighted by Crippen LogP contribution is 2.08. The van der Waals surface area contributed by atoms with E-state index in [4.69, 9.17) is 11.2 Å². The molecule has 2 N–H and O–H groups in total. The van der Waals surface area contributed by atoms with Crippen LogP contribution < -0.4 is 10.6 Å². The second-order valence-corrected chi connectivity index (χ2v) is 3.42. The first-order valence-electron chi connectivity index (χ1n) is 5.32. The largest absolute Gasteiger partial charge is 0.383 e. The van der Waals surface area contributed by atoms with Gasteiger partial charge >= 0.3 is 0 Å². The summed E-state index contributed by atoms with van der Waals surface area (Å²) in [4.78, 5) is 11.4. The fourth-order valence-electron chi connectivity index (χ4n) is 1.26. The van der Waals surface area contributed by atoms with Crippen molar-refractivity contribution in [1.82, 2.24) is 5.32 Å². The SMILES string of the molecule is C#Cc1cccc(NCC(=O)NCCOC)c1. The predicted molar refractivity (Wildman–Crippen MR) is 67.8 cm³/mol. The molecule has 4 nitrogen and oxygen atoms in total. The number of anilines is 1. The Labute approximate surface area is 101 Å². The molecule has 0 aromatic heterocycles. The number of nitrogens with one attached hydrogen (secondary N) is 2. The summed E-state index contributed by atoms with van der Waals surface area (Å²) in [5.74, 6) is 2.46. The third kappa shape index (κ3) is 5.05. The van der Waals surface area contributed by atoms with E-state index < -0.39 is 0 Å². The van der Waals surface area contributed by atoms with Gasteiger partial charge in [0.25, 0.3) is 0 Å². The van der Waals surface area contributed by atoms with Gasteiger partial charge in [0.05, 0.1) is 13.2 Å². The Balaban J connectivity index is 2.34. The summed E-state index contributed by atoms with van der Waals surface area (Å²) in [7, 11) is 1.59. The Morgan fingerprint density at radius 3 is 3.06 bits per heavy atom. The van der Waals surface area contributed by atoms with Gasteiger partial charge in [-0.2, -0.15) is 0 Å². The van der Waals surface area contributed by atoms with Crippen LogP contribution in [-0.2, 0) is 9.53 Å². The van der Waals surface area contributed by atoms with E-state index >= 15 is 0 Å². The molecule has 1 rings (SSSR count). The molecule has 90 valence electrons. The molecule has 1 aromatic carbocycles. The average Bonchev–Trinajstić information content (AvgIpc) is 2.37. The van der Waals surface area contributed by atoms with Crippen LogP contribution in [0.25, 0.3) is 0 Å². The standard InChI is InChI=1S/C13H16N2O2/c1-3-11-5-4-6-12(9-11)15-10-13(16)14-7-8-17-2/h1,4-6,9,15H,7-8,10H2,2H3,(H,14,16). The van der Waals surface area contributed by atoms with E-state index in [2.05, 4.69) is 16.6 Å². The van der Waals surface area contributed by atoms with Gasteiger partial charge in [0.2, 0.25) is 5.91 Å². The van der Waals surface area contributed by atoms with E-state index in [1.807, 2.05) is 24.3 Å². The normalized spacial score (nSPS) is 9.41. The van der Waals surface area contributed by atoms with Gasteiger partial charge in [-0.05, 0) is 18.2 Å². The maximum Gasteiger partial charge on any atom is 0.239 e. The highest BCUT2D eigenvalue weighted by Gasteiger charge is 2.00. The van der Waals surface area contributed by atoms with E-state index in [0.717, 1.165) is 11.3 Å². The fraction of sp³-hybridized carbons (Fsp3) is 0.308. The zero-order chi connectivity index (χ0) is 12.5. The molecule has 4 heteroatoms. The summed E-state index contributed by atoms with van der Waals surface area (Å²) < 4.78 is 4.83. The minimum atomic E-state index is -0.0758. The molecule has 0 fully saturated rings. The van der Waals surface area contributed by atoms with Crippen molar-refractivity contribution in [1.29, 1.82) is 0 Å². The van der Waals surface area contributed by atoms with Crippen LogP contribution >= 0.6 is 0 Å². The zero-order valence-corrected chi connectivity index (χ0v) is 9.82. The molecule has 0 heterocycles. The van der Waals surface area contributed by atoms with Crippen molar-refractivity contribution in [2.24, 2.45) is 0 Å². The number of rotatable bonds is 6. The van der Waals surface area contributed by atoms with Crippen molar-refractivity contribution in [3.05, 3.63) is 29.8 Å².